The predicted octanol–water partition coefficient (Wildman–Crippen LogP) is 5.55. The van der Waals surface area contributed by atoms with Crippen molar-refractivity contribution in [2.75, 3.05) is 10.8 Å². The van der Waals surface area contributed by atoms with Crippen molar-refractivity contribution in [3.05, 3.63) is 58.6 Å². The number of hydrogen-bond acceptors (Lipinski definition) is 4. The van der Waals surface area contributed by atoms with Gasteiger partial charge in [-0.05, 0) is 68.4 Å². The summed E-state index contributed by atoms with van der Waals surface area (Å²) in [4.78, 5) is 13.3. The van der Waals surface area contributed by atoms with Gasteiger partial charge in [0.1, 0.15) is 5.60 Å². The van der Waals surface area contributed by atoms with E-state index in [2.05, 4.69) is 19.2 Å². The van der Waals surface area contributed by atoms with Gasteiger partial charge in [-0.3, -0.25) is 9.10 Å². The molecule has 2 aromatic carbocycles. The van der Waals surface area contributed by atoms with E-state index in [9.17, 15) is 18.3 Å². The fourth-order valence-corrected chi connectivity index (χ4v) is 7.56. The van der Waals surface area contributed by atoms with Gasteiger partial charge in [0, 0.05) is 17.1 Å². The van der Waals surface area contributed by atoms with Crippen molar-refractivity contribution >= 4 is 33.2 Å². The molecule has 2 atom stereocenters. The lowest BCUT2D eigenvalue weighted by Crippen LogP contribution is -2.53. The third kappa shape index (κ3) is 5.15. The summed E-state index contributed by atoms with van der Waals surface area (Å²) in [6.45, 7) is 6.58. The van der Waals surface area contributed by atoms with Crippen molar-refractivity contribution in [3.8, 4) is 0 Å². The second-order valence-corrected chi connectivity index (χ2v) is 12.9. The zero-order chi connectivity index (χ0) is 26.1. The summed E-state index contributed by atoms with van der Waals surface area (Å²) in [5, 5.41) is 15.9. The fraction of sp³-hybridized carbons (Fsp3) is 0.536. The van der Waals surface area contributed by atoms with Crippen LogP contribution in [0.3, 0.4) is 0 Å². The van der Waals surface area contributed by atoms with Crippen LogP contribution >= 0.6 is 11.6 Å². The smallest absolute Gasteiger partial charge is 0.264 e. The van der Waals surface area contributed by atoms with Crippen LogP contribution in [0.5, 0.6) is 0 Å². The minimum Gasteiger partial charge on any atom is -0.383 e. The van der Waals surface area contributed by atoms with E-state index >= 15 is 0 Å². The van der Waals surface area contributed by atoms with E-state index in [1.165, 1.54) is 4.31 Å². The Hall–Kier alpha value is -2.09. The van der Waals surface area contributed by atoms with Crippen LogP contribution < -0.4 is 9.62 Å². The van der Waals surface area contributed by atoms with Gasteiger partial charge in [0.05, 0.1) is 23.0 Å². The van der Waals surface area contributed by atoms with Crippen LogP contribution in [0.15, 0.2) is 47.4 Å². The minimum absolute atomic E-state index is 0.132. The molecule has 0 saturated heterocycles. The van der Waals surface area contributed by atoms with E-state index in [0.717, 1.165) is 44.1 Å². The number of sulfonamides is 1. The van der Waals surface area contributed by atoms with Gasteiger partial charge < -0.3 is 10.4 Å². The minimum atomic E-state index is -4.07. The SMILES string of the molecule is Cc1ccc(S(=O)(=O)N2c3ccc(Cl)cc3C(O)(C3CCCCC3)C2CC(=O)NCCC(C)C)cc1. The molecule has 2 aliphatic rings. The third-order valence-corrected chi connectivity index (χ3v) is 9.72. The van der Waals surface area contributed by atoms with Gasteiger partial charge in [-0.15, -0.1) is 0 Å². The molecule has 4 rings (SSSR count). The number of nitrogens with zero attached hydrogens (tertiary/aromatic N) is 1. The van der Waals surface area contributed by atoms with Gasteiger partial charge in [-0.1, -0.05) is 62.4 Å². The number of fused-ring (bicyclic) bond motifs is 1. The molecule has 1 saturated carbocycles. The molecule has 1 amide bonds. The predicted molar refractivity (Wildman–Crippen MR) is 144 cm³/mol. The summed E-state index contributed by atoms with van der Waals surface area (Å²) >= 11 is 6.38. The molecule has 1 heterocycles. The third-order valence-electron chi connectivity index (χ3n) is 7.65. The van der Waals surface area contributed by atoms with Gasteiger partial charge >= 0.3 is 0 Å². The second-order valence-electron chi connectivity index (χ2n) is 10.7. The molecule has 36 heavy (non-hydrogen) atoms. The zero-order valence-corrected chi connectivity index (χ0v) is 22.9. The molecule has 2 aromatic rings. The van der Waals surface area contributed by atoms with Crippen molar-refractivity contribution in [1.29, 1.82) is 0 Å². The van der Waals surface area contributed by atoms with Crippen LogP contribution in [0.1, 0.15) is 69.9 Å². The summed E-state index contributed by atoms with van der Waals surface area (Å²) in [5.74, 6) is -0.00574. The number of anilines is 1. The molecule has 0 aromatic heterocycles. The molecule has 0 spiro atoms. The number of rotatable bonds is 8. The number of halogens is 1. The van der Waals surface area contributed by atoms with Crippen LogP contribution in [0.4, 0.5) is 5.69 Å². The average Bonchev–Trinajstić information content (AvgIpc) is 3.08. The molecule has 196 valence electrons. The molecule has 0 radical (unpaired) electrons. The molecule has 2 unspecified atom stereocenters. The number of benzene rings is 2. The number of nitrogens with one attached hydrogen (secondary N) is 1. The highest BCUT2D eigenvalue weighted by molar-refractivity contribution is 7.92. The highest BCUT2D eigenvalue weighted by atomic mass is 35.5. The Labute approximate surface area is 220 Å². The molecule has 8 heteroatoms. The Kier molecular flexibility index (Phi) is 8.03. The van der Waals surface area contributed by atoms with Gasteiger partial charge in [0.25, 0.3) is 10.0 Å². The number of aryl methyl sites for hydroxylation is 1. The number of amides is 1. The van der Waals surface area contributed by atoms with Gasteiger partial charge in [0.15, 0.2) is 0 Å². The first kappa shape index (κ1) is 27.0. The van der Waals surface area contributed by atoms with Crippen LogP contribution in [0, 0.1) is 18.8 Å². The van der Waals surface area contributed by atoms with E-state index in [4.69, 9.17) is 11.6 Å². The highest BCUT2D eigenvalue weighted by Crippen LogP contribution is 2.54. The first-order chi connectivity index (χ1) is 17.0. The van der Waals surface area contributed by atoms with Crippen molar-refractivity contribution in [2.45, 2.75) is 82.3 Å². The first-order valence-corrected chi connectivity index (χ1v) is 14.8. The molecule has 1 aliphatic heterocycles. The summed E-state index contributed by atoms with van der Waals surface area (Å²) in [7, 11) is -4.07. The second kappa shape index (κ2) is 10.7. The van der Waals surface area contributed by atoms with Crippen LogP contribution in [0.25, 0.3) is 0 Å². The van der Waals surface area contributed by atoms with E-state index in [1.54, 1.807) is 42.5 Å². The van der Waals surface area contributed by atoms with Gasteiger partial charge in [-0.25, -0.2) is 8.42 Å². The summed E-state index contributed by atoms with van der Waals surface area (Å²) in [6.07, 6.45) is 5.23. The lowest BCUT2D eigenvalue weighted by molar-refractivity contribution is -0.124. The molecule has 1 aliphatic carbocycles. The normalized spacial score (nSPS) is 22.6. The topological polar surface area (TPSA) is 86.7 Å². The van der Waals surface area contributed by atoms with E-state index < -0.39 is 21.7 Å². The van der Waals surface area contributed by atoms with E-state index in [0.29, 0.717) is 28.7 Å². The van der Waals surface area contributed by atoms with Crippen molar-refractivity contribution < 1.29 is 18.3 Å². The Morgan fingerprint density at radius 1 is 1.14 bits per heavy atom. The van der Waals surface area contributed by atoms with Gasteiger partial charge in [-0.2, -0.15) is 0 Å². The first-order valence-electron chi connectivity index (χ1n) is 13.0. The molecule has 1 fully saturated rings. The molecular formula is C28H37ClN2O4S. The van der Waals surface area contributed by atoms with Crippen LogP contribution in [-0.4, -0.2) is 32.0 Å². The maximum atomic E-state index is 14.1. The summed E-state index contributed by atoms with van der Waals surface area (Å²) < 4.78 is 29.5. The molecule has 2 N–H and O–H groups in total. The number of carbonyl (C=O) groups is 1. The monoisotopic (exact) mass is 532 g/mol. The van der Waals surface area contributed by atoms with Crippen molar-refractivity contribution in [1.82, 2.24) is 5.32 Å². The largest absolute Gasteiger partial charge is 0.383 e. The quantitative estimate of drug-likeness (QED) is 0.467. The van der Waals surface area contributed by atoms with E-state index in [-0.39, 0.29) is 23.1 Å². The summed E-state index contributed by atoms with van der Waals surface area (Å²) in [5.41, 5.74) is 0.321. The van der Waals surface area contributed by atoms with Crippen LogP contribution in [0.2, 0.25) is 5.02 Å². The standard InChI is InChI=1S/C28H37ClN2O4S/c1-19(2)15-16-30-27(32)18-26-28(33,21-7-5-4-6-8-21)24-17-22(29)11-14-25(24)31(26)36(34,35)23-12-9-20(3)10-13-23/h9-14,17,19,21,26,33H,4-8,15-16,18H2,1-3H3,(H,30,32). The molecular weight excluding hydrogens is 496 g/mol. The Morgan fingerprint density at radius 2 is 1.81 bits per heavy atom. The molecule has 6 nitrogen and oxygen atoms in total. The Bertz CT molecular complexity index is 1190. The van der Waals surface area contributed by atoms with Crippen molar-refractivity contribution in [3.63, 3.8) is 0 Å². The average molecular weight is 533 g/mol. The lowest BCUT2D eigenvalue weighted by atomic mass is 9.70. The van der Waals surface area contributed by atoms with Crippen LogP contribution in [-0.2, 0) is 20.4 Å². The highest BCUT2D eigenvalue weighted by Gasteiger charge is 2.58. The van der Waals surface area contributed by atoms with Crippen molar-refractivity contribution in [2.24, 2.45) is 11.8 Å². The lowest BCUT2D eigenvalue weighted by Gasteiger charge is -2.41. The Morgan fingerprint density at radius 3 is 2.44 bits per heavy atom. The zero-order valence-electron chi connectivity index (χ0n) is 21.3. The Balaban J connectivity index is 1.82. The maximum absolute atomic E-state index is 14.1. The fourth-order valence-electron chi connectivity index (χ4n) is 5.69. The summed E-state index contributed by atoms with van der Waals surface area (Å²) in [6, 6.07) is 10.7. The molecule has 0 bridgehead atoms. The number of aliphatic hydroxyl groups is 1. The van der Waals surface area contributed by atoms with E-state index in [1.807, 2.05) is 6.92 Å². The number of carbonyl (C=O) groups excluding carboxylic acids is 1. The number of hydrogen-bond donors (Lipinski definition) is 2. The van der Waals surface area contributed by atoms with Gasteiger partial charge in [0.2, 0.25) is 5.91 Å². The maximum Gasteiger partial charge on any atom is 0.264 e.